The van der Waals surface area contributed by atoms with E-state index in [1.807, 2.05) is 37.3 Å². The Morgan fingerprint density at radius 3 is 2.47 bits per heavy atom. The van der Waals surface area contributed by atoms with E-state index in [2.05, 4.69) is 5.32 Å². The number of nitrogens with zero attached hydrogens (tertiary/aromatic N) is 3. The first-order valence-corrected chi connectivity index (χ1v) is 9.63. The predicted molar refractivity (Wildman–Crippen MR) is 109 cm³/mol. The summed E-state index contributed by atoms with van der Waals surface area (Å²) >= 11 is 0. The highest BCUT2D eigenvalue weighted by Crippen LogP contribution is 2.26. The van der Waals surface area contributed by atoms with Crippen LogP contribution in [-0.2, 0) is 6.54 Å². The molecule has 0 saturated heterocycles. The number of carbonyl (C=O) groups excluding carboxylic acids is 3. The Morgan fingerprint density at radius 2 is 1.80 bits per heavy atom. The lowest BCUT2D eigenvalue weighted by molar-refractivity contribution is -0.384. The number of imide groups is 1. The maximum Gasteiger partial charge on any atom is 0.317 e. The quantitative estimate of drug-likeness (QED) is 0.311. The zero-order chi connectivity index (χ0) is 21.7. The second-order valence-electron chi connectivity index (χ2n) is 6.83. The minimum absolute atomic E-state index is 0.0401. The van der Waals surface area contributed by atoms with E-state index in [0.29, 0.717) is 19.5 Å². The molecule has 3 rings (SSSR count). The number of nitrogens with one attached hydrogen (secondary N) is 1. The van der Waals surface area contributed by atoms with Gasteiger partial charge in [-0.25, -0.2) is 4.79 Å². The first-order chi connectivity index (χ1) is 14.4. The average Bonchev–Trinajstić information content (AvgIpc) is 2.99. The molecule has 0 fully saturated rings. The minimum atomic E-state index is -0.606. The maximum atomic E-state index is 12.5. The molecule has 1 heterocycles. The van der Waals surface area contributed by atoms with Gasteiger partial charge >= 0.3 is 6.03 Å². The Hall–Kier alpha value is -3.75. The standard InChI is InChI=1S/C21H22N4O5/c1-2-23(14-15-7-4-3-5-8-15)21(28)22-11-6-12-24-19(26)17-10-9-16(25(29)30)13-18(17)20(24)27/h3-5,7-10,13H,2,6,11-12,14H2,1H3,(H,22,28). The fourth-order valence-electron chi connectivity index (χ4n) is 3.27. The number of nitro groups is 1. The summed E-state index contributed by atoms with van der Waals surface area (Å²) < 4.78 is 0. The monoisotopic (exact) mass is 410 g/mol. The summed E-state index contributed by atoms with van der Waals surface area (Å²) in [7, 11) is 0. The van der Waals surface area contributed by atoms with Gasteiger partial charge < -0.3 is 10.2 Å². The van der Waals surface area contributed by atoms with Gasteiger partial charge in [-0.05, 0) is 25.0 Å². The van der Waals surface area contributed by atoms with Crippen LogP contribution in [0.2, 0.25) is 0 Å². The third-order valence-corrected chi connectivity index (χ3v) is 4.89. The molecule has 9 heteroatoms. The van der Waals surface area contributed by atoms with Crippen molar-refractivity contribution < 1.29 is 19.3 Å². The molecule has 0 aromatic heterocycles. The van der Waals surface area contributed by atoms with E-state index in [1.165, 1.54) is 12.1 Å². The molecule has 0 radical (unpaired) electrons. The van der Waals surface area contributed by atoms with Gasteiger partial charge in [-0.2, -0.15) is 0 Å². The molecule has 1 aliphatic heterocycles. The van der Waals surface area contributed by atoms with Crippen LogP contribution in [0.25, 0.3) is 0 Å². The first-order valence-electron chi connectivity index (χ1n) is 9.63. The number of rotatable bonds is 8. The van der Waals surface area contributed by atoms with E-state index in [1.54, 1.807) is 4.90 Å². The summed E-state index contributed by atoms with van der Waals surface area (Å²) in [5.74, 6) is -1.03. The first kappa shape index (κ1) is 21.0. The van der Waals surface area contributed by atoms with Crippen LogP contribution in [0, 0.1) is 10.1 Å². The number of hydrogen-bond donors (Lipinski definition) is 1. The third kappa shape index (κ3) is 4.45. The van der Waals surface area contributed by atoms with Crippen LogP contribution >= 0.6 is 0 Å². The van der Waals surface area contributed by atoms with E-state index in [4.69, 9.17) is 0 Å². The summed E-state index contributed by atoms with van der Waals surface area (Å²) in [5.41, 5.74) is 0.990. The van der Waals surface area contributed by atoms with Crippen molar-refractivity contribution in [3.05, 3.63) is 75.3 Å². The molecule has 0 spiro atoms. The van der Waals surface area contributed by atoms with Crippen molar-refractivity contribution in [2.24, 2.45) is 0 Å². The molecule has 0 aliphatic carbocycles. The molecular weight excluding hydrogens is 388 g/mol. The molecule has 0 saturated carbocycles. The smallest absolute Gasteiger partial charge is 0.317 e. The van der Waals surface area contributed by atoms with Crippen LogP contribution in [0.5, 0.6) is 0 Å². The Balaban J connectivity index is 1.51. The van der Waals surface area contributed by atoms with Crippen molar-refractivity contribution in [2.45, 2.75) is 19.9 Å². The van der Waals surface area contributed by atoms with Crippen LogP contribution in [0.15, 0.2) is 48.5 Å². The maximum absolute atomic E-state index is 12.5. The van der Waals surface area contributed by atoms with Gasteiger partial charge in [0.2, 0.25) is 0 Å². The highest BCUT2D eigenvalue weighted by Gasteiger charge is 2.36. The summed E-state index contributed by atoms with van der Waals surface area (Å²) in [6, 6.07) is 13.1. The number of hydrogen-bond acceptors (Lipinski definition) is 5. The number of amides is 4. The number of non-ortho nitro benzene ring substituents is 1. The fourth-order valence-corrected chi connectivity index (χ4v) is 3.27. The third-order valence-electron chi connectivity index (χ3n) is 4.89. The predicted octanol–water partition coefficient (Wildman–Crippen LogP) is 2.81. The highest BCUT2D eigenvalue weighted by atomic mass is 16.6. The van der Waals surface area contributed by atoms with Crippen LogP contribution < -0.4 is 5.32 Å². The second-order valence-corrected chi connectivity index (χ2v) is 6.83. The van der Waals surface area contributed by atoms with Gasteiger partial charge in [-0.3, -0.25) is 24.6 Å². The van der Waals surface area contributed by atoms with Crippen molar-refractivity contribution in [3.63, 3.8) is 0 Å². The lowest BCUT2D eigenvalue weighted by Gasteiger charge is -2.22. The fraction of sp³-hybridized carbons (Fsp3) is 0.286. The largest absolute Gasteiger partial charge is 0.338 e. The summed E-state index contributed by atoms with van der Waals surface area (Å²) in [6.07, 6.45) is 0.377. The summed E-state index contributed by atoms with van der Waals surface area (Å²) in [6.45, 7) is 3.32. The van der Waals surface area contributed by atoms with Crippen LogP contribution in [-0.4, -0.2) is 52.2 Å². The molecule has 9 nitrogen and oxygen atoms in total. The Morgan fingerprint density at radius 1 is 1.10 bits per heavy atom. The summed E-state index contributed by atoms with van der Waals surface area (Å²) in [5, 5.41) is 13.7. The molecule has 2 aromatic rings. The van der Waals surface area contributed by atoms with Gasteiger partial charge in [0, 0.05) is 38.3 Å². The van der Waals surface area contributed by atoms with Crippen molar-refractivity contribution >= 4 is 23.5 Å². The molecule has 1 aliphatic rings. The van der Waals surface area contributed by atoms with Crippen LogP contribution in [0.1, 0.15) is 39.6 Å². The van der Waals surface area contributed by atoms with Gasteiger partial charge in [-0.1, -0.05) is 30.3 Å². The second kappa shape index (κ2) is 9.17. The molecule has 0 unspecified atom stereocenters. The zero-order valence-electron chi connectivity index (χ0n) is 16.5. The van der Waals surface area contributed by atoms with Gasteiger partial charge in [0.15, 0.2) is 0 Å². The van der Waals surface area contributed by atoms with Gasteiger partial charge in [0.1, 0.15) is 0 Å². The molecular formula is C21H22N4O5. The molecule has 1 N–H and O–H groups in total. The molecule has 30 heavy (non-hydrogen) atoms. The number of benzene rings is 2. The van der Waals surface area contributed by atoms with E-state index < -0.39 is 16.7 Å². The van der Waals surface area contributed by atoms with Gasteiger partial charge in [-0.15, -0.1) is 0 Å². The normalized spacial score (nSPS) is 12.6. The Kier molecular flexibility index (Phi) is 6.41. The minimum Gasteiger partial charge on any atom is -0.338 e. The number of urea groups is 1. The van der Waals surface area contributed by atoms with Crippen molar-refractivity contribution in [1.82, 2.24) is 15.1 Å². The van der Waals surface area contributed by atoms with Gasteiger partial charge in [0.05, 0.1) is 16.1 Å². The topological polar surface area (TPSA) is 113 Å². The molecule has 156 valence electrons. The zero-order valence-corrected chi connectivity index (χ0v) is 16.5. The van der Waals surface area contributed by atoms with Crippen molar-refractivity contribution in [3.8, 4) is 0 Å². The molecule has 0 atom stereocenters. The van der Waals surface area contributed by atoms with Crippen LogP contribution in [0.3, 0.4) is 0 Å². The van der Waals surface area contributed by atoms with E-state index in [0.717, 1.165) is 16.5 Å². The number of fused-ring (bicyclic) bond motifs is 1. The summed E-state index contributed by atoms with van der Waals surface area (Å²) in [4.78, 5) is 50.3. The SMILES string of the molecule is CCN(Cc1ccccc1)C(=O)NCCCN1C(=O)c2ccc([N+](=O)[O-])cc2C1=O. The van der Waals surface area contributed by atoms with E-state index in [9.17, 15) is 24.5 Å². The molecule has 0 bridgehead atoms. The highest BCUT2D eigenvalue weighted by molar-refractivity contribution is 6.21. The molecule has 4 amide bonds. The lowest BCUT2D eigenvalue weighted by Crippen LogP contribution is -2.40. The van der Waals surface area contributed by atoms with E-state index >= 15 is 0 Å². The van der Waals surface area contributed by atoms with E-state index in [-0.39, 0.29) is 35.9 Å². The van der Waals surface area contributed by atoms with Gasteiger partial charge in [0.25, 0.3) is 17.5 Å². The lowest BCUT2D eigenvalue weighted by atomic mass is 10.1. The van der Waals surface area contributed by atoms with Crippen molar-refractivity contribution in [2.75, 3.05) is 19.6 Å². The Bertz CT molecular complexity index is 977. The number of nitro benzene ring substituents is 1. The average molecular weight is 410 g/mol. The molecule has 2 aromatic carbocycles. The van der Waals surface area contributed by atoms with Crippen LogP contribution in [0.4, 0.5) is 10.5 Å². The Labute approximate surface area is 173 Å². The number of carbonyl (C=O) groups is 3. The van der Waals surface area contributed by atoms with Crippen molar-refractivity contribution in [1.29, 1.82) is 0 Å².